The van der Waals surface area contributed by atoms with Crippen molar-refractivity contribution in [2.24, 2.45) is 0 Å². The maximum Gasteiger partial charge on any atom is 0.387 e. The Labute approximate surface area is 128 Å². The van der Waals surface area contributed by atoms with E-state index in [0.717, 1.165) is 18.4 Å². The van der Waals surface area contributed by atoms with Gasteiger partial charge in [-0.3, -0.25) is 0 Å². The van der Waals surface area contributed by atoms with Crippen LogP contribution in [-0.4, -0.2) is 36.8 Å². The highest BCUT2D eigenvalue weighted by Crippen LogP contribution is 2.29. The molecule has 1 aromatic carbocycles. The molecule has 116 valence electrons. The Balaban J connectivity index is 2.00. The number of hydrogen-bond donors (Lipinski definition) is 1. The van der Waals surface area contributed by atoms with Gasteiger partial charge in [0.25, 0.3) is 0 Å². The van der Waals surface area contributed by atoms with Crippen molar-refractivity contribution in [2.45, 2.75) is 32.0 Å². The second-order valence-corrected chi connectivity index (χ2v) is 5.33. The van der Waals surface area contributed by atoms with E-state index >= 15 is 0 Å². The van der Waals surface area contributed by atoms with Crippen LogP contribution in [0.3, 0.4) is 0 Å². The Morgan fingerprint density at radius 1 is 1.43 bits per heavy atom. The lowest BCUT2D eigenvalue weighted by atomic mass is 10.2. The van der Waals surface area contributed by atoms with Gasteiger partial charge in [0.2, 0.25) is 0 Å². The van der Waals surface area contributed by atoms with E-state index in [4.69, 9.17) is 17.0 Å². The second kappa shape index (κ2) is 6.89. The van der Waals surface area contributed by atoms with Crippen molar-refractivity contribution in [3.05, 3.63) is 23.8 Å². The van der Waals surface area contributed by atoms with Gasteiger partial charge in [0.15, 0.2) is 16.6 Å². The van der Waals surface area contributed by atoms with Gasteiger partial charge in [-0.25, -0.2) is 0 Å². The molecule has 0 atom stereocenters. The SMILES string of the molecule is COc1cc(CN(C)C(=S)NC2CC2)ccc1OC(F)F. The van der Waals surface area contributed by atoms with Gasteiger partial charge in [0.05, 0.1) is 7.11 Å². The zero-order chi connectivity index (χ0) is 15.4. The monoisotopic (exact) mass is 316 g/mol. The number of alkyl halides is 2. The topological polar surface area (TPSA) is 33.7 Å². The van der Waals surface area contributed by atoms with E-state index in [1.54, 1.807) is 12.1 Å². The molecular weight excluding hydrogens is 298 g/mol. The fourth-order valence-electron chi connectivity index (χ4n) is 1.86. The molecule has 4 nitrogen and oxygen atoms in total. The maximum atomic E-state index is 12.3. The van der Waals surface area contributed by atoms with Crippen LogP contribution in [0, 0.1) is 0 Å². The number of rotatable bonds is 6. The van der Waals surface area contributed by atoms with Crippen molar-refractivity contribution in [1.29, 1.82) is 0 Å². The van der Waals surface area contributed by atoms with Gasteiger partial charge in [-0.2, -0.15) is 8.78 Å². The Morgan fingerprint density at radius 3 is 2.71 bits per heavy atom. The summed E-state index contributed by atoms with van der Waals surface area (Å²) in [5, 5.41) is 3.93. The van der Waals surface area contributed by atoms with Gasteiger partial charge in [0.1, 0.15) is 0 Å². The van der Waals surface area contributed by atoms with E-state index in [9.17, 15) is 8.78 Å². The molecule has 0 bridgehead atoms. The maximum absolute atomic E-state index is 12.3. The van der Waals surface area contributed by atoms with Crippen molar-refractivity contribution in [2.75, 3.05) is 14.2 Å². The summed E-state index contributed by atoms with van der Waals surface area (Å²) in [7, 11) is 3.30. The lowest BCUT2D eigenvalue weighted by Crippen LogP contribution is -2.37. The molecule has 7 heteroatoms. The quantitative estimate of drug-likeness (QED) is 0.816. The van der Waals surface area contributed by atoms with Crippen LogP contribution in [0.1, 0.15) is 18.4 Å². The molecule has 1 aliphatic carbocycles. The number of benzene rings is 1. The van der Waals surface area contributed by atoms with Gasteiger partial charge in [-0.05, 0) is 42.8 Å². The molecule has 0 spiro atoms. The highest BCUT2D eigenvalue weighted by Gasteiger charge is 2.23. The average molecular weight is 316 g/mol. The van der Waals surface area contributed by atoms with Gasteiger partial charge in [-0.1, -0.05) is 6.07 Å². The van der Waals surface area contributed by atoms with Crippen LogP contribution in [-0.2, 0) is 6.54 Å². The summed E-state index contributed by atoms with van der Waals surface area (Å²) >= 11 is 5.30. The molecule has 1 fully saturated rings. The Bertz CT molecular complexity index is 510. The molecule has 0 heterocycles. The molecular formula is C14H18F2N2O2S. The molecule has 0 unspecified atom stereocenters. The largest absolute Gasteiger partial charge is 0.493 e. The van der Waals surface area contributed by atoms with Crippen molar-refractivity contribution in [1.82, 2.24) is 10.2 Å². The fourth-order valence-corrected chi connectivity index (χ4v) is 2.09. The molecule has 0 aromatic heterocycles. The van der Waals surface area contributed by atoms with E-state index in [1.807, 2.05) is 11.9 Å². The summed E-state index contributed by atoms with van der Waals surface area (Å²) < 4.78 is 34.0. The van der Waals surface area contributed by atoms with Crippen LogP contribution in [0.15, 0.2) is 18.2 Å². The first kappa shape index (κ1) is 15.8. The van der Waals surface area contributed by atoms with Crippen LogP contribution >= 0.6 is 12.2 Å². The lowest BCUT2D eigenvalue weighted by molar-refractivity contribution is -0.0512. The zero-order valence-electron chi connectivity index (χ0n) is 11.9. The van der Waals surface area contributed by atoms with Crippen molar-refractivity contribution in [3.63, 3.8) is 0 Å². The number of nitrogens with one attached hydrogen (secondary N) is 1. The third-order valence-electron chi connectivity index (χ3n) is 3.12. The summed E-state index contributed by atoms with van der Waals surface area (Å²) in [6.07, 6.45) is 2.31. The minimum atomic E-state index is -2.87. The van der Waals surface area contributed by atoms with E-state index in [2.05, 4.69) is 10.1 Å². The van der Waals surface area contributed by atoms with Crippen LogP contribution in [0.25, 0.3) is 0 Å². The third kappa shape index (κ3) is 4.70. The Hall–Kier alpha value is -1.63. The van der Waals surface area contributed by atoms with E-state index in [0.29, 0.717) is 17.7 Å². The number of ether oxygens (including phenoxy) is 2. The minimum absolute atomic E-state index is 0.0255. The van der Waals surface area contributed by atoms with E-state index < -0.39 is 6.61 Å². The standard InChI is InChI=1S/C14H18F2N2O2S/c1-18(14(21)17-10-4-5-10)8-9-3-6-11(20-13(15)16)12(7-9)19-2/h3,6-7,10,13H,4-5,8H2,1-2H3,(H,17,21). The highest BCUT2D eigenvalue weighted by atomic mass is 32.1. The van der Waals surface area contributed by atoms with Gasteiger partial charge in [0, 0.05) is 19.6 Å². The van der Waals surface area contributed by atoms with Crippen molar-refractivity contribution >= 4 is 17.3 Å². The van der Waals surface area contributed by atoms with Crippen molar-refractivity contribution < 1.29 is 18.3 Å². The van der Waals surface area contributed by atoms with Gasteiger partial charge < -0.3 is 19.7 Å². The minimum Gasteiger partial charge on any atom is -0.493 e. The summed E-state index contributed by atoms with van der Waals surface area (Å²) in [6.45, 7) is -2.31. The molecule has 0 aliphatic heterocycles. The average Bonchev–Trinajstić information content (AvgIpc) is 3.23. The Morgan fingerprint density at radius 2 is 2.14 bits per heavy atom. The molecule has 0 amide bonds. The molecule has 0 saturated heterocycles. The van der Waals surface area contributed by atoms with E-state index in [-0.39, 0.29) is 11.5 Å². The molecule has 1 aromatic rings. The first-order valence-corrected chi connectivity index (χ1v) is 7.03. The molecule has 2 rings (SSSR count). The molecule has 0 radical (unpaired) electrons. The smallest absolute Gasteiger partial charge is 0.387 e. The Kier molecular flexibility index (Phi) is 5.17. The second-order valence-electron chi connectivity index (χ2n) is 4.94. The molecule has 1 aliphatic rings. The first-order valence-electron chi connectivity index (χ1n) is 6.63. The predicted molar refractivity (Wildman–Crippen MR) is 79.8 cm³/mol. The summed E-state index contributed by atoms with van der Waals surface area (Å²) in [5.74, 6) is 0.305. The number of thiocarbonyl (C=S) groups is 1. The summed E-state index contributed by atoms with van der Waals surface area (Å²) in [4.78, 5) is 1.90. The van der Waals surface area contributed by atoms with Crippen molar-refractivity contribution in [3.8, 4) is 11.5 Å². The third-order valence-corrected chi connectivity index (χ3v) is 3.55. The number of halogens is 2. The highest BCUT2D eigenvalue weighted by molar-refractivity contribution is 7.80. The number of methoxy groups -OCH3 is 1. The predicted octanol–water partition coefficient (Wildman–Crippen LogP) is 2.77. The van der Waals surface area contributed by atoms with Gasteiger partial charge >= 0.3 is 6.61 Å². The molecule has 21 heavy (non-hydrogen) atoms. The fraction of sp³-hybridized carbons (Fsp3) is 0.500. The molecule has 1 saturated carbocycles. The van der Waals surface area contributed by atoms with Crippen LogP contribution in [0.2, 0.25) is 0 Å². The normalized spacial score (nSPS) is 14.0. The number of nitrogens with zero attached hydrogens (tertiary/aromatic N) is 1. The molecule has 1 N–H and O–H groups in total. The van der Waals surface area contributed by atoms with Gasteiger partial charge in [-0.15, -0.1) is 0 Å². The summed E-state index contributed by atoms with van der Waals surface area (Å²) in [6, 6.07) is 5.37. The van der Waals surface area contributed by atoms with E-state index in [1.165, 1.54) is 13.2 Å². The summed E-state index contributed by atoms with van der Waals surface area (Å²) in [5.41, 5.74) is 0.899. The first-order chi connectivity index (χ1) is 9.99. The van der Waals surface area contributed by atoms with Crippen LogP contribution in [0.4, 0.5) is 8.78 Å². The number of hydrogen-bond acceptors (Lipinski definition) is 3. The lowest BCUT2D eigenvalue weighted by Gasteiger charge is -2.21. The zero-order valence-corrected chi connectivity index (χ0v) is 12.8. The van der Waals surface area contributed by atoms with Crippen LogP contribution in [0.5, 0.6) is 11.5 Å². The van der Waals surface area contributed by atoms with Crippen LogP contribution < -0.4 is 14.8 Å².